The Bertz CT molecular complexity index is 840. The van der Waals surface area contributed by atoms with Crippen molar-refractivity contribution in [2.45, 2.75) is 11.4 Å². The van der Waals surface area contributed by atoms with Gasteiger partial charge in [-0.05, 0) is 29.8 Å². The molecule has 0 fully saturated rings. The van der Waals surface area contributed by atoms with Crippen LogP contribution < -0.4 is 9.47 Å². The Morgan fingerprint density at radius 1 is 0.958 bits per heavy atom. The van der Waals surface area contributed by atoms with E-state index < -0.39 is 10.0 Å². The second-order valence-corrected chi connectivity index (χ2v) is 7.89. The highest BCUT2D eigenvalue weighted by molar-refractivity contribution is 7.89. The van der Waals surface area contributed by atoms with Gasteiger partial charge in [0.25, 0.3) is 0 Å². The van der Waals surface area contributed by atoms with Crippen LogP contribution in [0.15, 0.2) is 41.3 Å². The molecule has 2 aromatic carbocycles. The van der Waals surface area contributed by atoms with E-state index in [0.717, 1.165) is 5.56 Å². The van der Waals surface area contributed by atoms with E-state index in [9.17, 15) is 8.42 Å². The van der Waals surface area contributed by atoms with Crippen LogP contribution in [-0.2, 0) is 16.6 Å². The smallest absolute Gasteiger partial charge is 0.243 e. The maximum absolute atomic E-state index is 12.7. The Morgan fingerprint density at radius 3 is 2.21 bits per heavy atom. The van der Waals surface area contributed by atoms with Crippen molar-refractivity contribution in [2.24, 2.45) is 0 Å². The Labute approximate surface area is 151 Å². The lowest BCUT2D eigenvalue weighted by Crippen LogP contribution is -2.26. The van der Waals surface area contributed by atoms with Crippen molar-refractivity contribution in [2.75, 3.05) is 21.3 Å². The number of hydrogen-bond donors (Lipinski definition) is 0. The van der Waals surface area contributed by atoms with Crippen LogP contribution in [0.1, 0.15) is 5.56 Å². The molecule has 0 N–H and O–H groups in total. The van der Waals surface area contributed by atoms with Crippen molar-refractivity contribution in [1.82, 2.24) is 4.31 Å². The lowest BCUT2D eigenvalue weighted by Gasteiger charge is -2.18. The van der Waals surface area contributed by atoms with E-state index in [2.05, 4.69) is 0 Å². The first-order chi connectivity index (χ1) is 11.3. The van der Waals surface area contributed by atoms with Crippen LogP contribution in [0.4, 0.5) is 0 Å². The Morgan fingerprint density at radius 2 is 1.62 bits per heavy atom. The van der Waals surface area contributed by atoms with Crippen LogP contribution >= 0.6 is 23.2 Å². The molecule has 0 bridgehead atoms. The maximum Gasteiger partial charge on any atom is 0.243 e. The summed E-state index contributed by atoms with van der Waals surface area (Å²) in [7, 11) is 0.739. The van der Waals surface area contributed by atoms with E-state index in [1.165, 1.54) is 37.7 Å². The molecule has 0 atom stereocenters. The minimum Gasteiger partial charge on any atom is -0.493 e. The molecular formula is C16H17Cl2NO4S. The third-order valence-electron chi connectivity index (χ3n) is 3.45. The number of nitrogens with zero attached hydrogens (tertiary/aromatic N) is 1. The van der Waals surface area contributed by atoms with Gasteiger partial charge in [-0.1, -0.05) is 29.3 Å². The van der Waals surface area contributed by atoms with E-state index in [1.54, 1.807) is 24.3 Å². The van der Waals surface area contributed by atoms with E-state index in [0.29, 0.717) is 21.5 Å². The summed E-state index contributed by atoms with van der Waals surface area (Å²) < 4.78 is 37.0. The van der Waals surface area contributed by atoms with Crippen LogP contribution in [-0.4, -0.2) is 34.0 Å². The van der Waals surface area contributed by atoms with Gasteiger partial charge in [0.05, 0.1) is 29.2 Å². The van der Waals surface area contributed by atoms with Crippen LogP contribution in [0.25, 0.3) is 0 Å². The minimum atomic E-state index is -3.70. The van der Waals surface area contributed by atoms with Gasteiger partial charge < -0.3 is 9.47 Å². The fraction of sp³-hybridized carbons (Fsp3) is 0.250. The second kappa shape index (κ2) is 7.61. The number of ether oxygens (including phenoxy) is 2. The van der Waals surface area contributed by atoms with Gasteiger partial charge in [0.2, 0.25) is 10.0 Å². The summed E-state index contributed by atoms with van der Waals surface area (Å²) in [4.78, 5) is 0.114. The van der Waals surface area contributed by atoms with Crippen LogP contribution in [0, 0.1) is 0 Å². The molecule has 0 unspecified atom stereocenters. The molecule has 0 aliphatic heterocycles. The van der Waals surface area contributed by atoms with E-state index >= 15 is 0 Å². The van der Waals surface area contributed by atoms with Gasteiger partial charge in [0.1, 0.15) is 0 Å². The molecule has 0 amide bonds. The first-order valence-corrected chi connectivity index (χ1v) is 9.11. The van der Waals surface area contributed by atoms with E-state index in [4.69, 9.17) is 32.7 Å². The molecule has 0 radical (unpaired) electrons. The molecule has 2 aromatic rings. The summed E-state index contributed by atoms with van der Waals surface area (Å²) in [5.74, 6) is 0.810. The Balaban J connectivity index is 2.30. The molecule has 2 rings (SSSR count). The van der Waals surface area contributed by atoms with E-state index in [-0.39, 0.29) is 11.4 Å². The van der Waals surface area contributed by atoms with Gasteiger partial charge in [-0.3, -0.25) is 0 Å². The molecule has 0 aliphatic rings. The highest BCUT2D eigenvalue weighted by Gasteiger charge is 2.23. The molecule has 130 valence electrons. The summed E-state index contributed by atoms with van der Waals surface area (Å²) in [6, 6.07) is 9.47. The molecule has 0 spiro atoms. The van der Waals surface area contributed by atoms with Crippen molar-refractivity contribution in [3.63, 3.8) is 0 Å². The fourth-order valence-corrected chi connectivity index (χ4v) is 3.63. The number of rotatable bonds is 6. The van der Waals surface area contributed by atoms with Crippen LogP contribution in [0.2, 0.25) is 10.0 Å². The average molecular weight is 390 g/mol. The molecule has 0 aromatic heterocycles. The van der Waals surface area contributed by atoms with Crippen LogP contribution in [0.3, 0.4) is 0 Å². The number of sulfonamides is 1. The number of hydrogen-bond acceptors (Lipinski definition) is 4. The first-order valence-electron chi connectivity index (χ1n) is 6.92. The maximum atomic E-state index is 12.7. The molecule has 5 nitrogen and oxygen atoms in total. The largest absolute Gasteiger partial charge is 0.493 e. The summed E-state index contributed by atoms with van der Waals surface area (Å²) >= 11 is 11.8. The molecule has 0 saturated carbocycles. The standard InChI is InChI=1S/C16H17Cl2NO4S/c1-19(10-11-4-6-13(17)14(18)8-11)24(20,21)12-5-7-15(22-2)16(9-12)23-3/h4-9H,10H2,1-3H3. The van der Waals surface area contributed by atoms with Gasteiger partial charge >= 0.3 is 0 Å². The third kappa shape index (κ3) is 3.95. The number of methoxy groups -OCH3 is 2. The monoisotopic (exact) mass is 389 g/mol. The molecule has 24 heavy (non-hydrogen) atoms. The molecule has 8 heteroatoms. The highest BCUT2D eigenvalue weighted by Crippen LogP contribution is 2.31. The van der Waals surface area contributed by atoms with Crippen molar-refractivity contribution in [3.05, 3.63) is 52.0 Å². The van der Waals surface area contributed by atoms with Crippen molar-refractivity contribution in [3.8, 4) is 11.5 Å². The van der Waals surface area contributed by atoms with Gasteiger partial charge in [-0.25, -0.2) is 8.42 Å². The quantitative estimate of drug-likeness (QED) is 0.752. The Kier molecular flexibility index (Phi) is 5.98. The Hall–Kier alpha value is -1.47. The third-order valence-corrected chi connectivity index (χ3v) is 5.99. The first kappa shape index (κ1) is 18.9. The summed E-state index contributed by atoms with van der Waals surface area (Å²) in [5.41, 5.74) is 0.732. The second-order valence-electron chi connectivity index (χ2n) is 5.03. The van der Waals surface area contributed by atoms with Gasteiger partial charge in [-0.15, -0.1) is 0 Å². The summed E-state index contributed by atoms with van der Waals surface area (Å²) in [6.45, 7) is 0.160. The van der Waals surface area contributed by atoms with E-state index in [1.807, 2.05) is 0 Å². The normalized spacial score (nSPS) is 11.6. The lowest BCUT2D eigenvalue weighted by atomic mass is 10.2. The van der Waals surface area contributed by atoms with Gasteiger partial charge in [-0.2, -0.15) is 4.31 Å². The lowest BCUT2D eigenvalue weighted by molar-refractivity contribution is 0.353. The van der Waals surface area contributed by atoms with Crippen molar-refractivity contribution >= 4 is 33.2 Å². The number of benzene rings is 2. The molecular weight excluding hydrogens is 373 g/mol. The average Bonchev–Trinajstić information content (AvgIpc) is 2.57. The zero-order valence-electron chi connectivity index (χ0n) is 13.4. The SMILES string of the molecule is COc1ccc(S(=O)(=O)N(C)Cc2ccc(Cl)c(Cl)c2)cc1OC. The van der Waals surface area contributed by atoms with Gasteiger partial charge in [0, 0.05) is 19.7 Å². The zero-order valence-corrected chi connectivity index (χ0v) is 15.7. The van der Waals surface area contributed by atoms with Crippen LogP contribution in [0.5, 0.6) is 11.5 Å². The molecule has 0 heterocycles. The zero-order chi connectivity index (χ0) is 17.9. The van der Waals surface area contributed by atoms with Gasteiger partial charge in [0.15, 0.2) is 11.5 Å². The topological polar surface area (TPSA) is 55.8 Å². The van der Waals surface area contributed by atoms with Crippen molar-refractivity contribution < 1.29 is 17.9 Å². The highest BCUT2D eigenvalue weighted by atomic mass is 35.5. The summed E-state index contributed by atoms with van der Waals surface area (Å²) in [5, 5.41) is 0.803. The number of halogens is 2. The molecule has 0 aliphatic carbocycles. The minimum absolute atomic E-state index is 0.114. The van der Waals surface area contributed by atoms with Crippen molar-refractivity contribution in [1.29, 1.82) is 0 Å². The predicted octanol–water partition coefficient (Wildman–Crippen LogP) is 3.83. The summed E-state index contributed by atoms with van der Waals surface area (Å²) in [6.07, 6.45) is 0. The fourth-order valence-electron chi connectivity index (χ4n) is 2.14. The molecule has 0 saturated heterocycles. The predicted molar refractivity (Wildman–Crippen MR) is 94.7 cm³/mol.